The topological polar surface area (TPSA) is 105 Å². The number of carbonyl (C=O) groups is 2. The number of hydrogen-bond donors (Lipinski definition) is 2. The molecule has 2 fully saturated rings. The van der Waals surface area contributed by atoms with Crippen LogP contribution in [0.3, 0.4) is 0 Å². The number of carboxylic acids is 1. The van der Waals surface area contributed by atoms with Crippen molar-refractivity contribution in [3.8, 4) is 0 Å². The lowest BCUT2D eigenvalue weighted by atomic mass is 9.86. The van der Waals surface area contributed by atoms with Crippen molar-refractivity contribution in [2.75, 3.05) is 43.7 Å². The van der Waals surface area contributed by atoms with Crippen LogP contribution in [-0.2, 0) is 14.3 Å². The van der Waals surface area contributed by atoms with Crippen LogP contribution in [0.15, 0.2) is 12.1 Å². The summed E-state index contributed by atoms with van der Waals surface area (Å²) in [5, 5.41) is 9.68. The maximum absolute atomic E-state index is 15.0. The summed E-state index contributed by atoms with van der Waals surface area (Å²) in [4.78, 5) is 28.5. The number of methoxy groups -OCH3 is 2. The zero-order chi connectivity index (χ0) is 20.2. The average Bonchev–Trinajstić information content (AvgIpc) is 3.44. The Morgan fingerprint density at radius 1 is 1.29 bits per heavy atom. The van der Waals surface area contributed by atoms with Crippen LogP contribution in [0.2, 0.25) is 0 Å². The summed E-state index contributed by atoms with van der Waals surface area (Å²) in [5.41, 5.74) is 4.96. The van der Waals surface area contributed by atoms with Gasteiger partial charge in [-0.15, -0.1) is 0 Å². The maximum Gasteiger partial charge on any atom is 0.346 e. The Morgan fingerprint density at radius 2 is 2.00 bits per heavy atom. The van der Waals surface area contributed by atoms with Crippen molar-refractivity contribution in [3.05, 3.63) is 23.5 Å². The van der Waals surface area contributed by atoms with Crippen LogP contribution in [0, 0.1) is 5.82 Å². The third kappa shape index (κ3) is 2.76. The fraction of sp³-hybridized carbons (Fsp3) is 0.579. The Labute approximate surface area is 162 Å². The summed E-state index contributed by atoms with van der Waals surface area (Å²) in [6.07, 6.45) is 1.57. The first-order valence-corrected chi connectivity index (χ1v) is 9.29. The molecule has 4 rings (SSSR count). The number of carboxylic acid groups (broad SMARTS) is 1. The largest absolute Gasteiger partial charge is 0.479 e. The Bertz CT molecular complexity index is 830. The first-order chi connectivity index (χ1) is 13.3. The van der Waals surface area contributed by atoms with Crippen molar-refractivity contribution in [1.82, 2.24) is 0 Å². The van der Waals surface area contributed by atoms with Gasteiger partial charge < -0.3 is 30.1 Å². The molecule has 2 aliphatic heterocycles. The van der Waals surface area contributed by atoms with Gasteiger partial charge in [-0.1, -0.05) is 0 Å². The van der Waals surface area contributed by atoms with Crippen LogP contribution in [0.4, 0.5) is 15.8 Å². The highest BCUT2D eigenvalue weighted by atomic mass is 19.1. The summed E-state index contributed by atoms with van der Waals surface area (Å²) < 4.78 is 25.5. The van der Waals surface area contributed by atoms with Gasteiger partial charge in [0, 0.05) is 38.9 Å². The third-order valence-corrected chi connectivity index (χ3v) is 6.01. The van der Waals surface area contributed by atoms with Crippen LogP contribution in [0.5, 0.6) is 0 Å². The van der Waals surface area contributed by atoms with E-state index < -0.39 is 23.2 Å². The van der Waals surface area contributed by atoms with E-state index in [4.69, 9.17) is 15.2 Å². The predicted molar refractivity (Wildman–Crippen MR) is 99.5 cm³/mol. The zero-order valence-corrected chi connectivity index (χ0v) is 15.9. The number of benzene rings is 1. The number of ketones is 1. The van der Waals surface area contributed by atoms with Gasteiger partial charge in [-0.2, -0.15) is 0 Å². The van der Waals surface area contributed by atoms with E-state index in [-0.39, 0.29) is 30.3 Å². The van der Waals surface area contributed by atoms with E-state index in [1.165, 1.54) is 7.11 Å². The smallest absolute Gasteiger partial charge is 0.346 e. The molecule has 3 atom stereocenters. The molecule has 0 radical (unpaired) electrons. The number of rotatable bonds is 5. The molecular weight excluding hydrogens is 369 g/mol. The van der Waals surface area contributed by atoms with Crippen molar-refractivity contribution in [2.24, 2.45) is 5.73 Å². The Balaban J connectivity index is 1.79. The number of halogens is 1. The van der Waals surface area contributed by atoms with Gasteiger partial charge in [0.1, 0.15) is 5.82 Å². The molecule has 1 aromatic carbocycles. The number of ether oxygens (including phenoxy) is 2. The van der Waals surface area contributed by atoms with Crippen molar-refractivity contribution < 1.29 is 28.6 Å². The lowest BCUT2D eigenvalue weighted by Gasteiger charge is -2.40. The van der Waals surface area contributed by atoms with Gasteiger partial charge in [0.05, 0.1) is 30.1 Å². The number of nitrogens with zero attached hydrogens (tertiary/aromatic N) is 2. The number of Topliss-reactive ketones (excluding diaryl/α,β-unsaturated/α-hetero) is 1. The van der Waals surface area contributed by atoms with Gasteiger partial charge in [-0.25, -0.2) is 9.18 Å². The fourth-order valence-corrected chi connectivity index (χ4v) is 4.19. The number of nitrogens with two attached hydrogens (primary N) is 1. The highest BCUT2D eigenvalue weighted by Crippen LogP contribution is 2.43. The monoisotopic (exact) mass is 393 g/mol. The molecule has 0 bridgehead atoms. The first-order valence-electron chi connectivity index (χ1n) is 9.29. The molecule has 0 amide bonds. The summed E-state index contributed by atoms with van der Waals surface area (Å²) in [7, 11) is 2.77. The van der Waals surface area contributed by atoms with E-state index >= 15 is 0 Å². The quantitative estimate of drug-likeness (QED) is 0.702. The Kier molecular flexibility index (Phi) is 4.56. The van der Waals surface area contributed by atoms with E-state index in [2.05, 4.69) is 0 Å². The highest BCUT2D eigenvalue weighted by Gasteiger charge is 2.55. The van der Waals surface area contributed by atoms with Crippen LogP contribution >= 0.6 is 0 Å². The number of anilines is 2. The first kappa shape index (κ1) is 19.1. The summed E-state index contributed by atoms with van der Waals surface area (Å²) >= 11 is 0. The second-order valence-electron chi connectivity index (χ2n) is 7.69. The van der Waals surface area contributed by atoms with E-state index in [1.807, 2.05) is 4.90 Å². The number of aliphatic carboxylic acids is 1. The maximum atomic E-state index is 15.0. The molecule has 1 aliphatic carbocycles. The van der Waals surface area contributed by atoms with Crippen molar-refractivity contribution in [1.29, 1.82) is 0 Å². The summed E-state index contributed by atoms with van der Waals surface area (Å²) in [6.45, 7) is 0.783. The molecule has 9 heteroatoms. The second-order valence-corrected chi connectivity index (χ2v) is 7.69. The number of hydrogen-bond acceptors (Lipinski definition) is 7. The van der Waals surface area contributed by atoms with E-state index in [0.29, 0.717) is 24.5 Å². The summed E-state index contributed by atoms with van der Waals surface area (Å²) in [6, 6.07) is 2.64. The van der Waals surface area contributed by atoms with Crippen LogP contribution in [0.1, 0.15) is 23.2 Å². The molecule has 1 unspecified atom stereocenters. The molecule has 0 spiro atoms. The molecule has 3 aliphatic rings. The molecule has 28 heavy (non-hydrogen) atoms. The second kappa shape index (κ2) is 6.68. The molecular formula is C19H24FN3O5. The van der Waals surface area contributed by atoms with E-state index in [0.717, 1.165) is 18.9 Å². The van der Waals surface area contributed by atoms with E-state index in [1.54, 1.807) is 18.1 Å². The van der Waals surface area contributed by atoms with Gasteiger partial charge in [0.25, 0.3) is 0 Å². The lowest BCUT2D eigenvalue weighted by Crippen LogP contribution is -2.60. The van der Waals surface area contributed by atoms with E-state index in [9.17, 15) is 19.1 Å². The standard InChI is InChI=1S/C19H24FN3O5/c1-27-16-8-22(7-13(16)21)15-6-14-11(5-12(15)20)17(24)19(28-2,18(25)26)9-23(14)10-3-4-10/h5-6,10,13,16H,3-4,7-9,21H2,1-2H3,(H,25,26)/t13-,16+,19?/m0/s1. The predicted octanol–water partition coefficient (Wildman–Crippen LogP) is 0.623. The van der Waals surface area contributed by atoms with Crippen LogP contribution < -0.4 is 15.5 Å². The van der Waals surface area contributed by atoms with Crippen molar-refractivity contribution >= 4 is 23.1 Å². The van der Waals surface area contributed by atoms with Gasteiger partial charge >= 0.3 is 5.97 Å². The fourth-order valence-electron chi connectivity index (χ4n) is 4.19. The van der Waals surface area contributed by atoms with Crippen LogP contribution in [0.25, 0.3) is 0 Å². The van der Waals surface area contributed by atoms with Crippen molar-refractivity contribution in [2.45, 2.75) is 36.6 Å². The Morgan fingerprint density at radius 3 is 2.54 bits per heavy atom. The van der Waals surface area contributed by atoms with Crippen molar-refractivity contribution in [3.63, 3.8) is 0 Å². The normalized spacial score (nSPS) is 29.9. The lowest BCUT2D eigenvalue weighted by molar-refractivity contribution is -0.155. The molecule has 1 saturated heterocycles. The average molecular weight is 393 g/mol. The molecule has 1 aromatic rings. The third-order valence-electron chi connectivity index (χ3n) is 6.01. The SMILES string of the molecule is CO[C@@H]1CN(c2cc3c(cc2F)C(=O)C(OC)(C(=O)O)CN3C2CC2)C[C@@H]1N. The molecule has 8 nitrogen and oxygen atoms in total. The molecule has 3 N–H and O–H groups in total. The van der Waals surface area contributed by atoms with Crippen LogP contribution in [-0.4, -0.2) is 74.5 Å². The molecule has 152 valence electrons. The molecule has 0 aromatic heterocycles. The van der Waals surface area contributed by atoms with Gasteiger partial charge in [0.15, 0.2) is 0 Å². The zero-order valence-electron chi connectivity index (χ0n) is 15.9. The molecule has 1 saturated carbocycles. The summed E-state index contributed by atoms with van der Waals surface area (Å²) in [5.74, 6) is -2.69. The number of carbonyl (C=O) groups excluding carboxylic acids is 1. The minimum absolute atomic E-state index is 0.0374. The van der Waals surface area contributed by atoms with Gasteiger partial charge in [-0.05, 0) is 25.0 Å². The van der Waals surface area contributed by atoms with Gasteiger partial charge in [-0.3, -0.25) is 4.79 Å². The number of fused-ring (bicyclic) bond motifs is 1. The highest BCUT2D eigenvalue weighted by molar-refractivity contribution is 6.19. The minimum atomic E-state index is -2.03. The van der Waals surface area contributed by atoms with Gasteiger partial charge in [0.2, 0.25) is 11.4 Å². The molecule has 2 heterocycles. The minimum Gasteiger partial charge on any atom is -0.479 e. The Hall–Kier alpha value is -2.23.